The van der Waals surface area contributed by atoms with Crippen molar-refractivity contribution in [3.8, 4) is 0 Å². The fraction of sp³-hybridized carbons (Fsp3) is 0.133. The Hall–Kier alpha value is -1.01. The van der Waals surface area contributed by atoms with Gasteiger partial charge >= 0.3 is 0 Å². The minimum absolute atomic E-state index is 0.0436. The third kappa shape index (κ3) is 5.24. The number of benzene rings is 2. The second-order valence-electron chi connectivity index (χ2n) is 4.03. The van der Waals surface area contributed by atoms with Gasteiger partial charge in [-0.15, -0.1) is 11.8 Å². The van der Waals surface area contributed by atoms with Crippen LogP contribution in [0.4, 0.5) is 5.69 Å². The van der Waals surface area contributed by atoms with Crippen LogP contribution in [0.3, 0.4) is 0 Å². The molecule has 0 unspecified atom stereocenters. The van der Waals surface area contributed by atoms with Crippen molar-refractivity contribution in [2.24, 2.45) is 0 Å². The van der Waals surface area contributed by atoms with Crippen molar-refractivity contribution in [1.82, 2.24) is 0 Å². The smallest absolute Gasteiger partial charge is 0.234 e. The lowest BCUT2D eigenvalue weighted by Crippen LogP contribution is -2.14. The van der Waals surface area contributed by atoms with Gasteiger partial charge in [-0.1, -0.05) is 30.3 Å². The van der Waals surface area contributed by atoms with Crippen LogP contribution >= 0.6 is 34.4 Å². The first kappa shape index (κ1) is 14.4. The summed E-state index contributed by atoms with van der Waals surface area (Å²) in [6.07, 6.45) is 0. The van der Waals surface area contributed by atoms with Crippen molar-refractivity contribution < 1.29 is 4.79 Å². The summed E-state index contributed by atoms with van der Waals surface area (Å²) in [5, 5.41) is 2.89. The van der Waals surface area contributed by atoms with Gasteiger partial charge in [-0.25, -0.2) is 0 Å². The van der Waals surface area contributed by atoms with Crippen molar-refractivity contribution in [3.05, 3.63) is 63.7 Å². The first-order valence-corrected chi connectivity index (χ1v) is 8.14. The molecule has 0 aliphatic heterocycles. The molecule has 2 aromatic rings. The fourth-order valence-corrected chi connectivity index (χ4v) is 2.71. The molecule has 0 aliphatic rings. The van der Waals surface area contributed by atoms with E-state index in [9.17, 15) is 4.79 Å². The number of thioether (sulfide) groups is 1. The van der Waals surface area contributed by atoms with Gasteiger partial charge in [0, 0.05) is 15.0 Å². The third-order valence-corrected chi connectivity index (χ3v) is 4.20. The van der Waals surface area contributed by atoms with E-state index >= 15 is 0 Å². The Balaban J connectivity index is 1.74. The maximum atomic E-state index is 11.8. The molecule has 2 aromatic carbocycles. The third-order valence-electron chi connectivity index (χ3n) is 2.47. The second kappa shape index (κ2) is 7.55. The summed E-state index contributed by atoms with van der Waals surface area (Å²) in [4.78, 5) is 11.8. The van der Waals surface area contributed by atoms with Gasteiger partial charge < -0.3 is 5.32 Å². The molecule has 0 aliphatic carbocycles. The van der Waals surface area contributed by atoms with Crippen LogP contribution in [-0.2, 0) is 10.5 Å². The summed E-state index contributed by atoms with van der Waals surface area (Å²) in [6.45, 7) is 0. The summed E-state index contributed by atoms with van der Waals surface area (Å²) in [5.74, 6) is 1.38. The van der Waals surface area contributed by atoms with Crippen LogP contribution in [0.1, 0.15) is 5.56 Å². The molecule has 1 N–H and O–H groups in total. The Bertz CT molecular complexity index is 528. The molecule has 0 saturated carbocycles. The molecule has 1 amide bonds. The van der Waals surface area contributed by atoms with Crippen LogP contribution in [0.25, 0.3) is 0 Å². The molecule has 0 saturated heterocycles. The highest BCUT2D eigenvalue weighted by atomic mass is 127. The zero-order chi connectivity index (χ0) is 13.5. The molecule has 0 heterocycles. The number of carbonyl (C=O) groups excluding carboxylic acids is 1. The van der Waals surface area contributed by atoms with Gasteiger partial charge in [0.05, 0.1) is 5.75 Å². The highest BCUT2D eigenvalue weighted by molar-refractivity contribution is 14.1. The number of nitrogens with one attached hydrogen (secondary N) is 1. The standard InChI is InChI=1S/C15H14INOS/c16-13-6-8-14(9-7-13)17-15(18)11-19-10-12-4-2-1-3-5-12/h1-9H,10-11H2,(H,17,18). The average Bonchev–Trinajstić information content (AvgIpc) is 2.43. The lowest BCUT2D eigenvalue weighted by Gasteiger charge is -2.05. The van der Waals surface area contributed by atoms with Crippen LogP contribution in [0, 0.1) is 3.57 Å². The first-order chi connectivity index (χ1) is 9.24. The number of anilines is 1. The molecular weight excluding hydrogens is 369 g/mol. The lowest BCUT2D eigenvalue weighted by molar-refractivity contribution is -0.113. The van der Waals surface area contributed by atoms with Gasteiger partial charge in [0.25, 0.3) is 0 Å². The number of hydrogen-bond donors (Lipinski definition) is 1. The Morgan fingerprint density at radius 2 is 1.74 bits per heavy atom. The number of amides is 1. The molecule has 98 valence electrons. The molecule has 19 heavy (non-hydrogen) atoms. The monoisotopic (exact) mass is 383 g/mol. The van der Waals surface area contributed by atoms with Gasteiger partial charge in [-0.05, 0) is 52.4 Å². The van der Waals surface area contributed by atoms with Crippen molar-refractivity contribution in [2.75, 3.05) is 11.1 Å². The molecule has 0 fully saturated rings. The maximum absolute atomic E-state index is 11.8. The van der Waals surface area contributed by atoms with Crippen molar-refractivity contribution >= 4 is 45.9 Å². The second-order valence-corrected chi connectivity index (χ2v) is 6.26. The van der Waals surface area contributed by atoms with Gasteiger partial charge in [-0.2, -0.15) is 0 Å². The quantitative estimate of drug-likeness (QED) is 0.786. The predicted molar refractivity (Wildman–Crippen MR) is 90.4 cm³/mol. The maximum Gasteiger partial charge on any atom is 0.234 e. The molecule has 0 radical (unpaired) electrons. The van der Waals surface area contributed by atoms with Gasteiger partial charge in [0.2, 0.25) is 5.91 Å². The van der Waals surface area contributed by atoms with Crippen LogP contribution in [0.2, 0.25) is 0 Å². The zero-order valence-corrected chi connectivity index (χ0v) is 13.3. The van der Waals surface area contributed by atoms with Crippen molar-refractivity contribution in [1.29, 1.82) is 0 Å². The van der Waals surface area contributed by atoms with E-state index in [1.165, 1.54) is 5.56 Å². The normalized spacial score (nSPS) is 10.2. The highest BCUT2D eigenvalue weighted by Crippen LogP contribution is 2.14. The summed E-state index contributed by atoms with van der Waals surface area (Å²) < 4.78 is 1.16. The van der Waals surface area contributed by atoms with Gasteiger partial charge in [-0.3, -0.25) is 4.79 Å². The summed E-state index contributed by atoms with van der Waals surface area (Å²) in [5.41, 5.74) is 2.10. The largest absolute Gasteiger partial charge is 0.325 e. The lowest BCUT2D eigenvalue weighted by atomic mass is 10.2. The first-order valence-electron chi connectivity index (χ1n) is 5.91. The van der Waals surface area contributed by atoms with E-state index in [2.05, 4.69) is 40.0 Å². The topological polar surface area (TPSA) is 29.1 Å². The van der Waals surface area contributed by atoms with E-state index < -0.39 is 0 Å². The Kier molecular flexibility index (Phi) is 5.72. The summed E-state index contributed by atoms with van der Waals surface area (Å²) >= 11 is 3.87. The molecule has 2 nitrogen and oxygen atoms in total. The van der Waals surface area contributed by atoms with E-state index in [0.717, 1.165) is 15.0 Å². The van der Waals surface area contributed by atoms with E-state index in [4.69, 9.17) is 0 Å². The molecular formula is C15H14INOS. The van der Waals surface area contributed by atoms with Crippen LogP contribution in [-0.4, -0.2) is 11.7 Å². The number of halogens is 1. The van der Waals surface area contributed by atoms with Crippen LogP contribution in [0.15, 0.2) is 54.6 Å². The van der Waals surface area contributed by atoms with E-state index in [0.29, 0.717) is 5.75 Å². The minimum atomic E-state index is 0.0436. The SMILES string of the molecule is O=C(CSCc1ccccc1)Nc1ccc(I)cc1. The van der Waals surface area contributed by atoms with Gasteiger partial charge in [0.1, 0.15) is 0 Å². The highest BCUT2D eigenvalue weighted by Gasteiger charge is 2.02. The zero-order valence-electron chi connectivity index (χ0n) is 10.3. The average molecular weight is 383 g/mol. The van der Waals surface area contributed by atoms with Gasteiger partial charge in [0.15, 0.2) is 0 Å². The molecule has 2 rings (SSSR count). The molecule has 0 atom stereocenters. The number of hydrogen-bond acceptors (Lipinski definition) is 2. The van der Waals surface area contributed by atoms with E-state index in [1.807, 2.05) is 42.5 Å². The molecule has 0 bridgehead atoms. The number of rotatable bonds is 5. The fourth-order valence-electron chi connectivity index (χ4n) is 1.57. The molecule has 0 spiro atoms. The van der Waals surface area contributed by atoms with Crippen LogP contribution < -0.4 is 5.32 Å². The summed E-state index contributed by atoms with van der Waals surface area (Å²) in [7, 11) is 0. The Labute approximate surface area is 131 Å². The molecule has 4 heteroatoms. The predicted octanol–water partition coefficient (Wildman–Crippen LogP) is 4.16. The van der Waals surface area contributed by atoms with Crippen molar-refractivity contribution in [2.45, 2.75) is 5.75 Å². The summed E-state index contributed by atoms with van der Waals surface area (Å²) in [6, 6.07) is 18.0. The Morgan fingerprint density at radius 3 is 2.42 bits per heavy atom. The minimum Gasteiger partial charge on any atom is -0.325 e. The molecule has 0 aromatic heterocycles. The van der Waals surface area contributed by atoms with E-state index in [-0.39, 0.29) is 5.91 Å². The Morgan fingerprint density at radius 1 is 1.05 bits per heavy atom. The number of carbonyl (C=O) groups is 1. The van der Waals surface area contributed by atoms with Crippen LogP contribution in [0.5, 0.6) is 0 Å². The van der Waals surface area contributed by atoms with Crippen molar-refractivity contribution in [3.63, 3.8) is 0 Å². The van der Waals surface area contributed by atoms with E-state index in [1.54, 1.807) is 11.8 Å².